The maximum Gasteiger partial charge on any atom is 0.349 e. The molecule has 9 nitrogen and oxygen atoms in total. The number of hydrogen-bond donors (Lipinski definition) is 2. The molecule has 1 aromatic carbocycles. The van der Waals surface area contributed by atoms with E-state index in [1.165, 1.54) is 6.66 Å². The summed E-state index contributed by atoms with van der Waals surface area (Å²) in [4.78, 5) is 46.3. The normalized spacial score (nSPS) is 13.6. The Hall–Kier alpha value is -2.51. The molecule has 0 aromatic heterocycles. The highest BCUT2D eigenvalue weighted by Crippen LogP contribution is 2.36. The van der Waals surface area contributed by atoms with Crippen LogP contribution in [0.3, 0.4) is 0 Å². The Bertz CT molecular complexity index is 1190. The Labute approximate surface area is 174 Å². The lowest BCUT2D eigenvalue weighted by Gasteiger charge is -2.21. The van der Waals surface area contributed by atoms with Crippen LogP contribution in [0, 0.1) is 6.92 Å². The van der Waals surface area contributed by atoms with E-state index >= 15 is 0 Å². The summed E-state index contributed by atoms with van der Waals surface area (Å²) in [6.45, 7) is 3.93. The highest BCUT2D eigenvalue weighted by molar-refractivity contribution is 7.57. The third kappa shape index (κ3) is 4.96. The van der Waals surface area contributed by atoms with Crippen LogP contribution in [-0.4, -0.2) is 51.3 Å². The number of hydrogen-bond acceptors (Lipinski definition) is 6. The van der Waals surface area contributed by atoms with Gasteiger partial charge in [-0.25, -0.2) is 9.78 Å². The fourth-order valence-electron chi connectivity index (χ4n) is 3.67. The van der Waals surface area contributed by atoms with Crippen molar-refractivity contribution in [2.45, 2.75) is 39.2 Å². The summed E-state index contributed by atoms with van der Waals surface area (Å²) in [5.41, 5.74) is 2.44. The fraction of sp³-hybridized carbons (Fsp3) is 0.500. The van der Waals surface area contributed by atoms with Gasteiger partial charge in [-0.2, -0.15) is 4.98 Å². The van der Waals surface area contributed by atoms with Crippen molar-refractivity contribution < 1.29 is 9.46 Å². The van der Waals surface area contributed by atoms with E-state index in [2.05, 4.69) is 15.0 Å². The number of aromatic nitrogens is 4. The number of aryl methyl sites for hydroxylation is 2. The number of nitrogens with one attached hydrogen (secondary N) is 1. The number of aromatic amines is 1. The van der Waals surface area contributed by atoms with Gasteiger partial charge in [-0.1, -0.05) is 12.8 Å². The van der Waals surface area contributed by atoms with Crippen molar-refractivity contribution in [1.82, 2.24) is 19.5 Å². The maximum atomic E-state index is 12.3. The molecule has 0 fully saturated rings. The molecule has 1 unspecified atom stereocenters. The molecule has 162 valence electrons. The van der Waals surface area contributed by atoms with Gasteiger partial charge < -0.3 is 14.4 Å². The van der Waals surface area contributed by atoms with Crippen molar-refractivity contribution in [1.29, 1.82) is 0 Å². The summed E-state index contributed by atoms with van der Waals surface area (Å²) in [6, 6.07) is 3.94. The van der Waals surface area contributed by atoms with E-state index < -0.39 is 18.6 Å². The maximum absolute atomic E-state index is 12.3. The van der Waals surface area contributed by atoms with Gasteiger partial charge in [0.1, 0.15) is 0 Å². The van der Waals surface area contributed by atoms with Gasteiger partial charge in [0, 0.05) is 39.2 Å². The highest BCUT2D eigenvalue weighted by atomic mass is 31.2. The van der Waals surface area contributed by atoms with E-state index in [4.69, 9.17) is 0 Å². The summed E-state index contributed by atoms with van der Waals surface area (Å²) in [6.07, 6.45) is 3.50. The molecule has 0 bridgehead atoms. The van der Waals surface area contributed by atoms with Crippen LogP contribution in [0.4, 0.5) is 5.69 Å². The number of fused-ring (bicyclic) bond motifs is 2. The Balaban J connectivity index is 2.00. The van der Waals surface area contributed by atoms with Gasteiger partial charge in [-0.05, 0) is 37.5 Å². The molecular weight excluding hydrogens is 405 g/mol. The third-order valence-electron chi connectivity index (χ3n) is 5.11. The van der Waals surface area contributed by atoms with E-state index in [9.17, 15) is 19.0 Å². The van der Waals surface area contributed by atoms with E-state index in [1.54, 1.807) is 0 Å². The Morgan fingerprint density at radius 3 is 2.50 bits per heavy atom. The number of H-pyrrole nitrogens is 1. The van der Waals surface area contributed by atoms with Crippen LogP contribution in [0.25, 0.3) is 22.6 Å². The van der Waals surface area contributed by atoms with Crippen LogP contribution in [0.15, 0.2) is 21.7 Å². The molecule has 0 aliphatic carbocycles. The van der Waals surface area contributed by atoms with Gasteiger partial charge in [0.25, 0.3) is 5.56 Å². The van der Waals surface area contributed by atoms with Crippen molar-refractivity contribution in [2.24, 2.45) is 0 Å². The standard InChI is InChI=1S/C20H28N5O4P/c1-13-11-14-16(12-15(13)24(2)3)25(9-7-5-6-8-10-30(4,28)29)18-17(21-14)19(26)23-20(27)22-18/h11-12H,5-10H2,1-4H3,(H,28,29)(H,23,26,27). The molecule has 0 saturated heterocycles. The number of unbranched alkanes of at least 4 members (excludes halogenated alkanes) is 3. The molecule has 2 heterocycles. The van der Waals surface area contributed by atoms with Gasteiger partial charge >= 0.3 is 5.69 Å². The first-order chi connectivity index (χ1) is 14.1. The molecule has 2 N–H and O–H groups in total. The number of benzene rings is 1. The van der Waals surface area contributed by atoms with Crippen LogP contribution in [-0.2, 0) is 11.1 Å². The summed E-state index contributed by atoms with van der Waals surface area (Å²) in [7, 11) is 0.946. The lowest BCUT2D eigenvalue weighted by molar-refractivity contribution is 0.480. The number of nitrogens with zero attached hydrogens (tertiary/aromatic N) is 4. The first-order valence-corrected chi connectivity index (χ1v) is 12.3. The van der Waals surface area contributed by atoms with Gasteiger partial charge in [0.05, 0.1) is 11.0 Å². The largest absolute Gasteiger partial charge is 0.377 e. The van der Waals surface area contributed by atoms with Gasteiger partial charge in [0.2, 0.25) is 0 Å². The lowest BCUT2D eigenvalue weighted by atomic mass is 10.1. The molecule has 2 aliphatic heterocycles. The zero-order valence-electron chi connectivity index (χ0n) is 17.8. The zero-order chi connectivity index (χ0) is 22.1. The predicted molar refractivity (Wildman–Crippen MR) is 119 cm³/mol. The summed E-state index contributed by atoms with van der Waals surface area (Å²) < 4.78 is 13.3. The van der Waals surface area contributed by atoms with Gasteiger partial charge in [-0.3, -0.25) is 14.3 Å². The number of anilines is 1. The second kappa shape index (κ2) is 8.70. The van der Waals surface area contributed by atoms with Crippen molar-refractivity contribution in [3.63, 3.8) is 0 Å². The predicted octanol–water partition coefficient (Wildman–Crippen LogP) is 2.42. The molecule has 0 spiro atoms. The minimum atomic E-state index is -2.97. The molecule has 10 heteroatoms. The SMILES string of the molecule is Cc1cc2nc3c(=O)[nH]c(=O)nc-3n(CCCCCCP(C)(=O)O)c2cc1N(C)C. The first kappa shape index (κ1) is 22.2. The summed E-state index contributed by atoms with van der Waals surface area (Å²) >= 11 is 0. The first-order valence-electron chi connectivity index (χ1n) is 9.98. The van der Waals surface area contributed by atoms with Gasteiger partial charge in [-0.15, -0.1) is 0 Å². The van der Waals surface area contributed by atoms with Crippen molar-refractivity contribution in [3.8, 4) is 11.5 Å². The monoisotopic (exact) mass is 433 g/mol. The van der Waals surface area contributed by atoms with E-state index in [-0.39, 0.29) is 11.5 Å². The Morgan fingerprint density at radius 2 is 1.83 bits per heavy atom. The topological polar surface area (TPSA) is 121 Å². The lowest BCUT2D eigenvalue weighted by Crippen LogP contribution is -2.29. The molecule has 0 radical (unpaired) electrons. The van der Waals surface area contributed by atoms with Crippen LogP contribution in [0.5, 0.6) is 0 Å². The average molecular weight is 433 g/mol. The zero-order valence-corrected chi connectivity index (χ0v) is 18.7. The van der Waals surface area contributed by atoms with Crippen molar-refractivity contribution >= 4 is 24.1 Å². The second-order valence-corrected chi connectivity index (χ2v) is 10.6. The smallest absolute Gasteiger partial charge is 0.349 e. The molecule has 3 rings (SSSR count). The van der Waals surface area contributed by atoms with Crippen molar-refractivity contribution in [3.05, 3.63) is 38.5 Å². The average Bonchev–Trinajstić information content (AvgIpc) is 2.62. The van der Waals surface area contributed by atoms with E-state index in [1.807, 2.05) is 42.6 Å². The summed E-state index contributed by atoms with van der Waals surface area (Å²) in [5.74, 6) is 0.276. The van der Waals surface area contributed by atoms with E-state index in [0.29, 0.717) is 24.6 Å². The Kier molecular flexibility index (Phi) is 6.43. The molecule has 0 saturated carbocycles. The molecule has 1 atom stereocenters. The molecular formula is C20H28N5O4P. The minimum absolute atomic E-state index is 0.145. The quantitative estimate of drug-likeness (QED) is 0.318. The fourth-order valence-corrected chi connectivity index (χ4v) is 4.48. The molecule has 2 aliphatic rings. The molecule has 30 heavy (non-hydrogen) atoms. The van der Waals surface area contributed by atoms with Crippen LogP contribution in [0.1, 0.15) is 31.2 Å². The van der Waals surface area contributed by atoms with E-state index in [0.717, 1.165) is 36.0 Å². The van der Waals surface area contributed by atoms with Crippen LogP contribution in [0.2, 0.25) is 0 Å². The highest BCUT2D eigenvalue weighted by Gasteiger charge is 2.19. The van der Waals surface area contributed by atoms with Gasteiger partial charge in [0.15, 0.2) is 18.9 Å². The molecule has 0 amide bonds. The van der Waals surface area contributed by atoms with Crippen LogP contribution >= 0.6 is 7.37 Å². The number of rotatable bonds is 8. The second-order valence-electron chi connectivity index (χ2n) is 8.02. The minimum Gasteiger partial charge on any atom is -0.377 e. The van der Waals surface area contributed by atoms with Crippen molar-refractivity contribution in [2.75, 3.05) is 31.8 Å². The Morgan fingerprint density at radius 1 is 1.13 bits per heavy atom. The molecule has 1 aromatic rings. The summed E-state index contributed by atoms with van der Waals surface area (Å²) in [5, 5.41) is 0. The third-order valence-corrected chi connectivity index (χ3v) is 6.26. The van der Waals surface area contributed by atoms with Crippen LogP contribution < -0.4 is 16.1 Å².